The van der Waals surface area contributed by atoms with E-state index in [1.165, 1.54) is 5.56 Å². The van der Waals surface area contributed by atoms with Crippen LogP contribution in [0.1, 0.15) is 37.3 Å². The Hall–Kier alpha value is -1.58. The number of benzene rings is 1. The molecule has 3 nitrogen and oxygen atoms in total. The Labute approximate surface area is 157 Å². The molecule has 1 heterocycles. The van der Waals surface area contributed by atoms with Crippen LogP contribution in [0.25, 0.3) is 0 Å². The molecule has 25 heavy (non-hydrogen) atoms. The van der Waals surface area contributed by atoms with Crippen molar-refractivity contribution in [1.29, 1.82) is 0 Å². The number of hydrogen-bond donors (Lipinski definition) is 1. The Morgan fingerprint density at radius 3 is 2.72 bits per heavy atom. The highest BCUT2D eigenvalue weighted by Gasteiger charge is 2.31. The number of carbonyl (C=O) groups excluding carboxylic acids is 1. The van der Waals surface area contributed by atoms with Crippen LogP contribution in [0.2, 0.25) is 5.02 Å². The summed E-state index contributed by atoms with van der Waals surface area (Å²) in [6.07, 6.45) is 5.21. The number of aliphatic hydroxyl groups is 1. The zero-order chi connectivity index (χ0) is 18.8. The normalized spacial score (nSPS) is 16.4. The van der Waals surface area contributed by atoms with Gasteiger partial charge in [0.15, 0.2) is 0 Å². The topological polar surface area (TPSA) is 40.5 Å². The molecular formula is C21H30ClNO2. The largest absolute Gasteiger partial charge is 0.392 e. The molecule has 1 atom stereocenters. The molecule has 1 saturated heterocycles. The number of rotatable bonds is 7. The van der Waals surface area contributed by atoms with Crippen molar-refractivity contribution in [1.82, 2.24) is 4.90 Å². The fraction of sp³-hybridized carbons (Fsp3) is 0.476. The minimum Gasteiger partial charge on any atom is -0.392 e. The smallest absolute Gasteiger partial charge is 0.226 e. The lowest BCUT2D eigenvalue weighted by Crippen LogP contribution is -2.28. The second-order valence-electron chi connectivity index (χ2n) is 6.45. The molecule has 1 fully saturated rings. The van der Waals surface area contributed by atoms with Gasteiger partial charge in [-0.05, 0) is 55.4 Å². The van der Waals surface area contributed by atoms with Crippen molar-refractivity contribution in [2.75, 3.05) is 19.7 Å². The number of likely N-dealkylation sites (tertiary alicyclic amines) is 1. The number of halogens is 1. The van der Waals surface area contributed by atoms with Crippen LogP contribution in [0.4, 0.5) is 0 Å². The zero-order valence-corrected chi connectivity index (χ0v) is 16.2. The maximum Gasteiger partial charge on any atom is 0.226 e. The fourth-order valence-corrected chi connectivity index (χ4v) is 3.22. The molecule has 1 aliphatic rings. The van der Waals surface area contributed by atoms with Crippen LogP contribution in [0, 0.1) is 12.8 Å². The van der Waals surface area contributed by atoms with E-state index in [4.69, 9.17) is 16.7 Å². The third-order valence-electron chi connectivity index (χ3n) is 4.36. The van der Waals surface area contributed by atoms with Gasteiger partial charge in [0.05, 0.1) is 6.61 Å². The van der Waals surface area contributed by atoms with Gasteiger partial charge in [-0.2, -0.15) is 0 Å². The summed E-state index contributed by atoms with van der Waals surface area (Å²) in [5.41, 5.74) is 3.13. The number of nitrogens with zero attached hydrogens (tertiary/aromatic N) is 1. The van der Waals surface area contributed by atoms with E-state index in [0.717, 1.165) is 54.9 Å². The van der Waals surface area contributed by atoms with Crippen molar-refractivity contribution in [3.63, 3.8) is 0 Å². The first-order chi connectivity index (χ1) is 11.9. The Morgan fingerprint density at radius 1 is 1.48 bits per heavy atom. The summed E-state index contributed by atoms with van der Waals surface area (Å²) in [4.78, 5) is 14.2. The number of hydrogen-bond acceptors (Lipinski definition) is 2. The van der Waals surface area contributed by atoms with Crippen LogP contribution < -0.4 is 0 Å². The monoisotopic (exact) mass is 363 g/mol. The number of carbonyl (C=O) groups is 1. The van der Waals surface area contributed by atoms with Crippen LogP contribution in [0.5, 0.6) is 0 Å². The van der Waals surface area contributed by atoms with Gasteiger partial charge in [-0.15, -0.1) is 6.58 Å². The van der Waals surface area contributed by atoms with Gasteiger partial charge in [-0.1, -0.05) is 43.3 Å². The average Bonchev–Trinajstić information content (AvgIpc) is 2.93. The van der Waals surface area contributed by atoms with E-state index in [1.54, 1.807) is 6.08 Å². The van der Waals surface area contributed by atoms with Gasteiger partial charge < -0.3 is 10.0 Å². The lowest BCUT2D eigenvalue weighted by atomic mass is 9.95. The maximum absolute atomic E-state index is 12.2. The molecule has 0 spiro atoms. The van der Waals surface area contributed by atoms with E-state index in [1.807, 2.05) is 17.0 Å². The number of allylic oxidation sites excluding steroid dienone is 1. The van der Waals surface area contributed by atoms with Gasteiger partial charge in [-0.25, -0.2) is 0 Å². The predicted octanol–water partition coefficient (Wildman–Crippen LogP) is 4.56. The van der Waals surface area contributed by atoms with E-state index >= 15 is 0 Å². The lowest BCUT2D eigenvalue weighted by molar-refractivity contribution is -0.130. The number of aryl methyl sites for hydroxylation is 1. The van der Waals surface area contributed by atoms with Gasteiger partial charge in [0.25, 0.3) is 0 Å². The molecule has 1 aliphatic heterocycles. The first kappa shape index (κ1) is 21.5. The van der Waals surface area contributed by atoms with E-state index in [-0.39, 0.29) is 12.5 Å². The summed E-state index contributed by atoms with van der Waals surface area (Å²) < 4.78 is 0. The molecule has 0 radical (unpaired) electrons. The van der Waals surface area contributed by atoms with Gasteiger partial charge in [0.1, 0.15) is 0 Å². The fourth-order valence-electron chi connectivity index (χ4n) is 2.92. The molecular weight excluding hydrogens is 334 g/mol. The van der Waals surface area contributed by atoms with Gasteiger partial charge in [-0.3, -0.25) is 4.79 Å². The van der Waals surface area contributed by atoms with Gasteiger partial charge >= 0.3 is 0 Å². The quantitative estimate of drug-likeness (QED) is 0.721. The molecule has 1 amide bonds. The summed E-state index contributed by atoms with van der Waals surface area (Å²) in [5.74, 6) is 0.423. The molecule has 138 valence electrons. The molecule has 0 saturated carbocycles. The molecule has 2 rings (SSSR count). The number of amides is 1. The molecule has 0 bridgehead atoms. The highest BCUT2D eigenvalue weighted by atomic mass is 35.5. The van der Waals surface area contributed by atoms with Gasteiger partial charge in [0, 0.05) is 24.0 Å². The highest BCUT2D eigenvalue weighted by Crippen LogP contribution is 2.28. The van der Waals surface area contributed by atoms with E-state index < -0.39 is 0 Å². The Morgan fingerprint density at radius 2 is 2.20 bits per heavy atom. The summed E-state index contributed by atoms with van der Waals surface area (Å²) in [7, 11) is 0. The van der Waals surface area contributed by atoms with Gasteiger partial charge in [0.2, 0.25) is 5.91 Å². The average molecular weight is 364 g/mol. The van der Waals surface area contributed by atoms with E-state index in [2.05, 4.69) is 33.1 Å². The summed E-state index contributed by atoms with van der Waals surface area (Å²) >= 11 is 6.23. The minimum absolute atomic E-state index is 0.0754. The highest BCUT2D eigenvalue weighted by molar-refractivity contribution is 6.31. The van der Waals surface area contributed by atoms with Crippen LogP contribution in [-0.4, -0.2) is 35.6 Å². The summed E-state index contributed by atoms with van der Waals surface area (Å²) in [5, 5.41) is 9.11. The van der Waals surface area contributed by atoms with Crippen molar-refractivity contribution < 1.29 is 9.90 Å². The molecule has 0 aromatic heterocycles. The number of aliphatic hydroxyl groups excluding tert-OH is 1. The Kier molecular flexibility index (Phi) is 9.54. The molecule has 1 N–H and O–H groups in total. The van der Waals surface area contributed by atoms with Crippen molar-refractivity contribution in [2.45, 2.75) is 39.5 Å². The van der Waals surface area contributed by atoms with Crippen LogP contribution in [0.15, 0.2) is 43.0 Å². The summed E-state index contributed by atoms with van der Waals surface area (Å²) in [6.45, 7) is 13.1. The second-order valence-corrected chi connectivity index (χ2v) is 6.86. The third-order valence-corrected chi connectivity index (χ3v) is 4.72. The van der Waals surface area contributed by atoms with E-state index in [9.17, 15) is 4.79 Å². The summed E-state index contributed by atoms with van der Waals surface area (Å²) in [6, 6.07) is 5.93. The van der Waals surface area contributed by atoms with Crippen LogP contribution in [-0.2, 0) is 11.2 Å². The molecule has 1 aromatic rings. The third kappa shape index (κ3) is 6.68. The van der Waals surface area contributed by atoms with Crippen molar-refractivity contribution >= 4 is 17.5 Å². The molecule has 1 unspecified atom stereocenters. The molecule has 0 aliphatic carbocycles. The van der Waals surface area contributed by atoms with Crippen LogP contribution >= 0.6 is 11.6 Å². The Balaban J connectivity index is 0.000000381. The van der Waals surface area contributed by atoms with E-state index in [0.29, 0.717) is 5.91 Å². The standard InChI is InChI=1S/C15H20ClNO.C6H10O/c1-3-8-17-9-7-12(15(17)18)10-13-11(2)5-4-6-14(13)16;1-3-4-6(2)5-7/h4-6,12H,3,7-10H2,1-2H3;3,7H,1-2,4-5H2. The maximum atomic E-state index is 12.2. The predicted molar refractivity (Wildman–Crippen MR) is 106 cm³/mol. The first-order valence-corrected chi connectivity index (χ1v) is 9.23. The zero-order valence-electron chi connectivity index (χ0n) is 15.4. The minimum atomic E-state index is 0.0754. The lowest BCUT2D eigenvalue weighted by Gasteiger charge is -2.16. The molecule has 4 heteroatoms. The second kappa shape index (κ2) is 11.1. The first-order valence-electron chi connectivity index (χ1n) is 8.85. The van der Waals surface area contributed by atoms with Crippen LogP contribution in [0.3, 0.4) is 0 Å². The van der Waals surface area contributed by atoms with Crippen molar-refractivity contribution in [2.24, 2.45) is 5.92 Å². The van der Waals surface area contributed by atoms with Crippen molar-refractivity contribution in [3.8, 4) is 0 Å². The Bertz CT molecular complexity index is 577. The van der Waals surface area contributed by atoms with Crippen molar-refractivity contribution in [3.05, 3.63) is 59.2 Å². The SMILES string of the molecule is C=CCC(=C)CO.CCCN1CCC(Cc2c(C)cccc2Cl)C1=O. The molecule has 1 aromatic carbocycles.